The van der Waals surface area contributed by atoms with E-state index in [-0.39, 0.29) is 28.5 Å². The Kier molecular flexibility index (Phi) is 6.74. The van der Waals surface area contributed by atoms with E-state index >= 15 is 0 Å². The molecule has 2 aliphatic rings. The van der Waals surface area contributed by atoms with Crippen LogP contribution in [0.25, 0.3) is 0 Å². The first-order valence-electron chi connectivity index (χ1n) is 11.5. The number of nitro groups is 1. The summed E-state index contributed by atoms with van der Waals surface area (Å²) in [7, 11) is 0. The molecule has 1 saturated heterocycles. The van der Waals surface area contributed by atoms with Crippen molar-refractivity contribution in [3.8, 4) is 0 Å². The molecule has 0 aromatic heterocycles. The minimum Gasteiger partial charge on any atom is -0.365 e. The molecule has 2 heterocycles. The fourth-order valence-electron chi connectivity index (χ4n) is 4.88. The van der Waals surface area contributed by atoms with Gasteiger partial charge in [0, 0.05) is 50.5 Å². The highest BCUT2D eigenvalue weighted by Gasteiger charge is 2.41. The van der Waals surface area contributed by atoms with Crippen molar-refractivity contribution >= 4 is 17.3 Å². The SMILES string of the molecule is CC(C)CCNC(=O)[C@@H]1Cc2cc([N+](=O)[O-])ccc2N2CCN(Cc3ccccc3)C[C@H]12. The number of piperazine rings is 1. The van der Waals surface area contributed by atoms with Gasteiger partial charge in [0.05, 0.1) is 16.9 Å². The summed E-state index contributed by atoms with van der Waals surface area (Å²) in [4.78, 5) is 28.9. The highest BCUT2D eigenvalue weighted by Crippen LogP contribution is 2.38. The maximum Gasteiger partial charge on any atom is 0.269 e. The third-order valence-corrected chi connectivity index (χ3v) is 6.60. The predicted molar refractivity (Wildman–Crippen MR) is 126 cm³/mol. The first-order valence-corrected chi connectivity index (χ1v) is 11.5. The van der Waals surface area contributed by atoms with Gasteiger partial charge in [-0.05, 0) is 36.0 Å². The Morgan fingerprint density at radius 3 is 2.69 bits per heavy atom. The van der Waals surface area contributed by atoms with E-state index in [1.807, 2.05) is 12.1 Å². The van der Waals surface area contributed by atoms with Crippen molar-refractivity contribution in [3.63, 3.8) is 0 Å². The van der Waals surface area contributed by atoms with Gasteiger partial charge in [-0.1, -0.05) is 44.2 Å². The molecule has 0 saturated carbocycles. The molecule has 0 aliphatic carbocycles. The fraction of sp³-hybridized carbons (Fsp3) is 0.480. The number of nitrogens with zero attached hydrogens (tertiary/aromatic N) is 3. The summed E-state index contributed by atoms with van der Waals surface area (Å²) in [5.74, 6) is 0.354. The van der Waals surface area contributed by atoms with Crippen LogP contribution in [0.5, 0.6) is 0 Å². The maximum absolute atomic E-state index is 13.2. The molecule has 1 N–H and O–H groups in total. The van der Waals surface area contributed by atoms with E-state index < -0.39 is 0 Å². The summed E-state index contributed by atoms with van der Waals surface area (Å²) in [6.07, 6.45) is 1.47. The second kappa shape index (κ2) is 9.69. The second-order valence-electron chi connectivity index (χ2n) is 9.34. The van der Waals surface area contributed by atoms with Crippen LogP contribution in [0.3, 0.4) is 0 Å². The summed E-state index contributed by atoms with van der Waals surface area (Å²) in [5.41, 5.74) is 3.29. The van der Waals surface area contributed by atoms with Gasteiger partial charge >= 0.3 is 0 Å². The van der Waals surface area contributed by atoms with Crippen molar-refractivity contribution in [3.05, 3.63) is 69.8 Å². The minimum absolute atomic E-state index is 0.0550. The van der Waals surface area contributed by atoms with E-state index in [1.54, 1.807) is 12.1 Å². The molecule has 2 aromatic carbocycles. The first kappa shape index (κ1) is 22.3. The zero-order valence-electron chi connectivity index (χ0n) is 18.9. The Morgan fingerprint density at radius 1 is 1.19 bits per heavy atom. The molecule has 32 heavy (non-hydrogen) atoms. The van der Waals surface area contributed by atoms with Gasteiger partial charge in [0.25, 0.3) is 5.69 Å². The van der Waals surface area contributed by atoms with Gasteiger partial charge < -0.3 is 10.2 Å². The van der Waals surface area contributed by atoms with Crippen LogP contribution in [-0.2, 0) is 17.8 Å². The standard InChI is InChI=1S/C25H32N4O3/c1-18(2)10-11-26-25(30)22-15-20-14-21(29(31)32)8-9-23(20)28-13-12-27(17-24(22)28)16-19-6-4-3-5-7-19/h3-9,14,18,22,24H,10-13,15-17H2,1-2H3,(H,26,30)/t22-,24-/m1/s1. The number of benzene rings is 2. The molecule has 0 bridgehead atoms. The molecule has 2 aromatic rings. The van der Waals surface area contributed by atoms with Gasteiger partial charge in [-0.2, -0.15) is 0 Å². The lowest BCUT2D eigenvalue weighted by Crippen LogP contribution is -2.60. The summed E-state index contributed by atoms with van der Waals surface area (Å²) in [6, 6.07) is 15.6. The van der Waals surface area contributed by atoms with Gasteiger partial charge in [0.2, 0.25) is 5.91 Å². The van der Waals surface area contributed by atoms with E-state index in [4.69, 9.17) is 0 Å². The summed E-state index contributed by atoms with van der Waals surface area (Å²) in [5, 5.41) is 14.4. The van der Waals surface area contributed by atoms with Crippen molar-refractivity contribution in [2.24, 2.45) is 11.8 Å². The molecule has 0 unspecified atom stereocenters. The average Bonchev–Trinajstić information content (AvgIpc) is 2.78. The number of carbonyl (C=O) groups is 1. The van der Waals surface area contributed by atoms with Crippen LogP contribution in [0.15, 0.2) is 48.5 Å². The molecule has 0 radical (unpaired) electrons. The Labute approximate surface area is 189 Å². The Balaban J connectivity index is 1.57. The molecule has 7 heteroatoms. The fourth-order valence-corrected chi connectivity index (χ4v) is 4.88. The molecule has 2 aliphatic heterocycles. The normalized spacial score (nSPS) is 20.5. The van der Waals surface area contributed by atoms with Gasteiger partial charge in [0.1, 0.15) is 0 Å². The monoisotopic (exact) mass is 436 g/mol. The largest absolute Gasteiger partial charge is 0.365 e. The number of rotatable bonds is 7. The predicted octanol–water partition coefficient (Wildman–Crippen LogP) is 3.62. The number of nitrogens with one attached hydrogen (secondary N) is 1. The molecule has 1 amide bonds. The number of non-ortho nitro benzene ring substituents is 1. The molecule has 7 nitrogen and oxygen atoms in total. The number of amides is 1. The third kappa shape index (κ3) is 4.93. The smallest absolute Gasteiger partial charge is 0.269 e. The lowest BCUT2D eigenvalue weighted by atomic mass is 9.83. The highest BCUT2D eigenvalue weighted by molar-refractivity contribution is 5.82. The number of hydrogen-bond donors (Lipinski definition) is 1. The number of fused-ring (bicyclic) bond motifs is 3. The Hall–Kier alpha value is -2.93. The lowest BCUT2D eigenvalue weighted by molar-refractivity contribution is -0.384. The second-order valence-corrected chi connectivity index (χ2v) is 9.34. The molecule has 2 atom stereocenters. The maximum atomic E-state index is 13.2. The Bertz CT molecular complexity index is 963. The van der Waals surface area contributed by atoms with Gasteiger partial charge in [-0.3, -0.25) is 19.8 Å². The van der Waals surface area contributed by atoms with E-state index in [2.05, 4.69) is 53.2 Å². The van der Waals surface area contributed by atoms with Crippen LogP contribution in [0.4, 0.5) is 11.4 Å². The van der Waals surface area contributed by atoms with Crippen molar-refractivity contribution in [2.75, 3.05) is 31.1 Å². The number of hydrogen-bond acceptors (Lipinski definition) is 5. The lowest BCUT2D eigenvalue weighted by Gasteiger charge is -2.49. The molecular weight excluding hydrogens is 404 g/mol. The first-order chi connectivity index (χ1) is 15.4. The summed E-state index contributed by atoms with van der Waals surface area (Å²) >= 11 is 0. The third-order valence-electron chi connectivity index (χ3n) is 6.60. The quantitative estimate of drug-likeness (QED) is 0.530. The number of nitro benzene ring substituents is 1. The van der Waals surface area contributed by atoms with Crippen LogP contribution in [0.2, 0.25) is 0 Å². The van der Waals surface area contributed by atoms with Crippen LogP contribution in [0, 0.1) is 22.0 Å². The topological polar surface area (TPSA) is 78.7 Å². The van der Waals surface area contributed by atoms with Crippen LogP contribution in [0.1, 0.15) is 31.4 Å². The van der Waals surface area contributed by atoms with E-state index in [1.165, 1.54) is 5.56 Å². The Morgan fingerprint density at radius 2 is 1.97 bits per heavy atom. The zero-order chi connectivity index (χ0) is 22.7. The highest BCUT2D eigenvalue weighted by atomic mass is 16.6. The molecule has 4 rings (SSSR count). The van der Waals surface area contributed by atoms with Crippen molar-refractivity contribution < 1.29 is 9.72 Å². The molecular formula is C25H32N4O3. The summed E-state index contributed by atoms with van der Waals surface area (Å²) in [6.45, 7) is 8.31. The number of carbonyl (C=O) groups excluding carboxylic acids is 1. The van der Waals surface area contributed by atoms with Gasteiger partial charge in [-0.25, -0.2) is 0 Å². The van der Waals surface area contributed by atoms with Crippen molar-refractivity contribution in [2.45, 2.75) is 39.3 Å². The molecule has 170 valence electrons. The van der Waals surface area contributed by atoms with Crippen molar-refractivity contribution in [1.82, 2.24) is 10.2 Å². The van der Waals surface area contributed by atoms with Crippen molar-refractivity contribution in [1.29, 1.82) is 0 Å². The minimum atomic E-state index is -0.359. The van der Waals surface area contributed by atoms with Gasteiger partial charge in [0.15, 0.2) is 0 Å². The van der Waals surface area contributed by atoms with Crippen LogP contribution in [-0.4, -0.2) is 48.0 Å². The van der Waals surface area contributed by atoms with E-state index in [0.29, 0.717) is 18.9 Å². The molecule has 1 fully saturated rings. The number of anilines is 1. The average molecular weight is 437 g/mol. The van der Waals surface area contributed by atoms with E-state index in [9.17, 15) is 14.9 Å². The summed E-state index contributed by atoms with van der Waals surface area (Å²) < 4.78 is 0. The van der Waals surface area contributed by atoms with Crippen LogP contribution < -0.4 is 10.2 Å². The molecule has 0 spiro atoms. The van der Waals surface area contributed by atoms with Gasteiger partial charge in [-0.15, -0.1) is 0 Å². The van der Waals surface area contributed by atoms with Crippen LogP contribution >= 0.6 is 0 Å². The van der Waals surface area contributed by atoms with E-state index in [0.717, 1.165) is 43.9 Å². The zero-order valence-corrected chi connectivity index (χ0v) is 18.9.